The number of hydrogen-bond acceptors (Lipinski definition) is 2. The van der Waals surface area contributed by atoms with E-state index in [-0.39, 0.29) is 11.7 Å². The number of carbonyl (C=O) groups excluding carboxylic acids is 1. The van der Waals surface area contributed by atoms with E-state index in [2.05, 4.69) is 10.2 Å². The zero-order valence-corrected chi connectivity index (χ0v) is 10.0. The molecule has 2 atom stereocenters. The van der Waals surface area contributed by atoms with Crippen molar-refractivity contribution in [1.29, 1.82) is 0 Å². The predicted octanol–water partition coefficient (Wildman–Crippen LogP) is 2.02. The lowest BCUT2D eigenvalue weighted by atomic mass is 9.94. The molecule has 2 bridgehead atoms. The Bertz CT molecular complexity index is 292. The van der Waals surface area contributed by atoms with Gasteiger partial charge in [-0.05, 0) is 38.5 Å². The van der Waals surface area contributed by atoms with Crippen molar-refractivity contribution in [2.45, 2.75) is 69.5 Å². The Morgan fingerprint density at radius 2 is 1.81 bits per heavy atom. The Hall–Kier alpha value is -0.570. The summed E-state index contributed by atoms with van der Waals surface area (Å²) >= 11 is 0. The molecule has 0 aromatic heterocycles. The average Bonchev–Trinajstić information content (AvgIpc) is 2.43. The van der Waals surface area contributed by atoms with Crippen molar-refractivity contribution in [1.82, 2.24) is 10.2 Å². The summed E-state index contributed by atoms with van der Waals surface area (Å²) in [5.74, 6) is 0.392. The summed E-state index contributed by atoms with van der Waals surface area (Å²) in [5, 5.41) is 3.67. The van der Waals surface area contributed by atoms with E-state index < -0.39 is 0 Å². The third-order valence-electron chi connectivity index (χ3n) is 4.58. The molecule has 3 fully saturated rings. The van der Waals surface area contributed by atoms with Crippen LogP contribution in [0.1, 0.15) is 57.8 Å². The van der Waals surface area contributed by atoms with Crippen molar-refractivity contribution in [2.24, 2.45) is 0 Å². The summed E-state index contributed by atoms with van der Waals surface area (Å²) in [6.45, 7) is 0.988. The Labute approximate surface area is 97.6 Å². The Kier molecular flexibility index (Phi) is 2.66. The van der Waals surface area contributed by atoms with Gasteiger partial charge >= 0.3 is 0 Å². The zero-order chi connectivity index (χ0) is 11.0. The lowest BCUT2D eigenvalue weighted by Gasteiger charge is -2.37. The fraction of sp³-hybridized carbons (Fsp3) is 0.923. The molecule has 1 spiro atoms. The van der Waals surface area contributed by atoms with Crippen LogP contribution in [0.4, 0.5) is 0 Å². The van der Waals surface area contributed by atoms with Crippen LogP contribution in [0.3, 0.4) is 0 Å². The molecular formula is C13H22N2O. The van der Waals surface area contributed by atoms with Gasteiger partial charge in [0.2, 0.25) is 5.91 Å². The summed E-state index contributed by atoms with van der Waals surface area (Å²) in [6, 6.07) is 0.137. The van der Waals surface area contributed by atoms with Crippen LogP contribution in [-0.2, 0) is 4.79 Å². The van der Waals surface area contributed by atoms with Crippen LogP contribution in [0.15, 0.2) is 0 Å². The first-order valence-electron chi connectivity index (χ1n) is 6.91. The quantitative estimate of drug-likeness (QED) is 0.680. The molecule has 0 radical (unpaired) electrons. The minimum Gasteiger partial charge on any atom is -0.323 e. The van der Waals surface area contributed by atoms with Gasteiger partial charge in [-0.3, -0.25) is 10.1 Å². The van der Waals surface area contributed by atoms with Crippen LogP contribution in [-0.4, -0.2) is 29.1 Å². The van der Waals surface area contributed by atoms with Crippen LogP contribution < -0.4 is 5.32 Å². The van der Waals surface area contributed by atoms with Gasteiger partial charge in [0.05, 0.1) is 11.7 Å². The molecule has 3 heterocycles. The molecule has 0 saturated carbocycles. The molecule has 3 aliphatic rings. The standard InChI is InChI=1S/C13H22N2O/c16-12-11-7-3-1-4-8-13(14-11)9-5-2-6-10-15(12)13/h11,14H,1-10H2. The van der Waals surface area contributed by atoms with E-state index in [0.29, 0.717) is 5.91 Å². The van der Waals surface area contributed by atoms with E-state index in [1.165, 1.54) is 51.4 Å². The van der Waals surface area contributed by atoms with E-state index >= 15 is 0 Å². The Morgan fingerprint density at radius 3 is 2.62 bits per heavy atom. The largest absolute Gasteiger partial charge is 0.323 e. The second kappa shape index (κ2) is 4.02. The van der Waals surface area contributed by atoms with Gasteiger partial charge in [-0.1, -0.05) is 19.3 Å². The monoisotopic (exact) mass is 222 g/mol. The molecule has 1 amide bonds. The molecular weight excluding hydrogens is 200 g/mol. The van der Waals surface area contributed by atoms with Gasteiger partial charge in [0, 0.05) is 6.54 Å². The van der Waals surface area contributed by atoms with Crippen LogP contribution in [0, 0.1) is 0 Å². The number of nitrogens with one attached hydrogen (secondary N) is 1. The SMILES string of the molecule is O=C1C2CCCCCC3(CCCCCN13)N2. The Balaban J connectivity index is 1.91. The smallest absolute Gasteiger partial charge is 0.241 e. The second-order valence-corrected chi connectivity index (χ2v) is 5.63. The molecule has 3 heteroatoms. The molecule has 2 unspecified atom stereocenters. The van der Waals surface area contributed by atoms with Crippen molar-refractivity contribution in [3.63, 3.8) is 0 Å². The molecule has 1 N–H and O–H groups in total. The third-order valence-corrected chi connectivity index (χ3v) is 4.58. The van der Waals surface area contributed by atoms with Crippen molar-refractivity contribution in [2.75, 3.05) is 6.54 Å². The summed E-state index contributed by atoms with van der Waals surface area (Å²) in [4.78, 5) is 14.5. The van der Waals surface area contributed by atoms with E-state index in [4.69, 9.17) is 0 Å². The normalized spacial score (nSPS) is 39.9. The molecule has 3 aliphatic heterocycles. The maximum absolute atomic E-state index is 12.3. The summed E-state index contributed by atoms with van der Waals surface area (Å²) in [7, 11) is 0. The molecule has 16 heavy (non-hydrogen) atoms. The summed E-state index contributed by atoms with van der Waals surface area (Å²) in [6.07, 6.45) is 11.0. The molecule has 0 aromatic rings. The third kappa shape index (κ3) is 1.56. The van der Waals surface area contributed by atoms with Crippen LogP contribution >= 0.6 is 0 Å². The van der Waals surface area contributed by atoms with Crippen molar-refractivity contribution < 1.29 is 4.79 Å². The number of hydrogen-bond donors (Lipinski definition) is 1. The topological polar surface area (TPSA) is 32.3 Å². The van der Waals surface area contributed by atoms with Crippen LogP contribution in [0.5, 0.6) is 0 Å². The molecule has 3 nitrogen and oxygen atoms in total. The zero-order valence-electron chi connectivity index (χ0n) is 10.0. The lowest BCUT2D eigenvalue weighted by molar-refractivity contribution is -0.132. The van der Waals surface area contributed by atoms with E-state index in [9.17, 15) is 4.79 Å². The van der Waals surface area contributed by atoms with Crippen LogP contribution in [0.2, 0.25) is 0 Å². The number of fused-ring (bicyclic) bond motifs is 1. The summed E-state index contributed by atoms with van der Waals surface area (Å²) < 4.78 is 0. The van der Waals surface area contributed by atoms with Crippen molar-refractivity contribution in [3.05, 3.63) is 0 Å². The van der Waals surface area contributed by atoms with E-state index in [1.54, 1.807) is 0 Å². The fourth-order valence-corrected chi connectivity index (χ4v) is 3.73. The predicted molar refractivity (Wildman–Crippen MR) is 62.9 cm³/mol. The first kappa shape index (κ1) is 10.6. The van der Waals surface area contributed by atoms with Gasteiger partial charge in [0.15, 0.2) is 0 Å². The molecule has 0 aliphatic carbocycles. The minimum absolute atomic E-state index is 0.0542. The van der Waals surface area contributed by atoms with Crippen LogP contribution in [0.25, 0.3) is 0 Å². The fourth-order valence-electron chi connectivity index (χ4n) is 3.73. The van der Waals surface area contributed by atoms with Gasteiger partial charge in [0.1, 0.15) is 0 Å². The number of carbonyl (C=O) groups is 1. The maximum atomic E-state index is 12.3. The first-order chi connectivity index (χ1) is 7.82. The molecule has 3 rings (SSSR count). The van der Waals surface area contributed by atoms with Gasteiger partial charge < -0.3 is 4.90 Å². The van der Waals surface area contributed by atoms with Gasteiger partial charge in [0.25, 0.3) is 0 Å². The van der Waals surface area contributed by atoms with E-state index in [1.807, 2.05) is 0 Å². The van der Waals surface area contributed by atoms with Gasteiger partial charge in [-0.2, -0.15) is 0 Å². The highest BCUT2D eigenvalue weighted by Gasteiger charge is 2.49. The second-order valence-electron chi connectivity index (χ2n) is 5.63. The minimum atomic E-state index is 0.0542. The highest BCUT2D eigenvalue weighted by Crippen LogP contribution is 2.37. The van der Waals surface area contributed by atoms with E-state index in [0.717, 1.165) is 13.0 Å². The molecule has 0 aromatic carbocycles. The van der Waals surface area contributed by atoms with Crippen molar-refractivity contribution in [3.8, 4) is 0 Å². The van der Waals surface area contributed by atoms with Gasteiger partial charge in [-0.25, -0.2) is 0 Å². The van der Waals surface area contributed by atoms with Crippen molar-refractivity contribution >= 4 is 5.91 Å². The highest BCUT2D eigenvalue weighted by molar-refractivity contribution is 5.85. The van der Waals surface area contributed by atoms with Gasteiger partial charge in [-0.15, -0.1) is 0 Å². The average molecular weight is 222 g/mol. The lowest BCUT2D eigenvalue weighted by Crippen LogP contribution is -2.52. The maximum Gasteiger partial charge on any atom is 0.241 e. The highest BCUT2D eigenvalue weighted by atomic mass is 16.2. The summed E-state index contributed by atoms with van der Waals surface area (Å²) in [5.41, 5.74) is 0.0542. The molecule has 90 valence electrons. The Morgan fingerprint density at radius 1 is 1.06 bits per heavy atom. The first-order valence-corrected chi connectivity index (χ1v) is 6.91. The number of rotatable bonds is 0. The number of amides is 1. The molecule has 3 saturated heterocycles. The number of nitrogens with zero attached hydrogens (tertiary/aromatic N) is 1.